The summed E-state index contributed by atoms with van der Waals surface area (Å²) >= 11 is 0. The number of carbonyl (C=O) groups excluding carboxylic acids is 1. The lowest BCUT2D eigenvalue weighted by molar-refractivity contribution is -0.208. The number of aldehydes is 1. The quantitative estimate of drug-likeness (QED) is 0.0482. The van der Waals surface area contributed by atoms with Crippen molar-refractivity contribution in [2.45, 2.75) is 151 Å². The van der Waals surface area contributed by atoms with Crippen molar-refractivity contribution >= 4 is 22.9 Å². The monoisotopic (exact) mass is 672 g/mol. The summed E-state index contributed by atoms with van der Waals surface area (Å²) in [6.45, 7) is 38.6. The first-order chi connectivity index (χ1) is 21.0. The molecule has 0 aliphatic rings. The first-order valence-corrected chi connectivity index (χ1v) is 23.6. The Morgan fingerprint density at radius 3 is 1.78 bits per heavy atom. The molecule has 0 radical (unpaired) electrons. The minimum atomic E-state index is -2.25. The molecule has 0 saturated heterocycles. The van der Waals surface area contributed by atoms with E-state index in [1.807, 2.05) is 12.1 Å². The molecular weight excluding hydrogens is 601 g/mol. The van der Waals surface area contributed by atoms with Gasteiger partial charge in [0.15, 0.2) is 22.4 Å². The molecule has 0 spiro atoms. The normalized spacial score (nSPS) is 17.5. The molecule has 4 nitrogen and oxygen atoms in total. The highest BCUT2D eigenvalue weighted by atomic mass is 28.4. The molecule has 1 rings (SSSR count). The fraction of sp³-hybridized carbons (Fsp3) is 0.725. The molecule has 0 saturated carbocycles. The predicted octanol–water partition coefficient (Wildman–Crippen LogP) is 12.0. The van der Waals surface area contributed by atoms with Crippen molar-refractivity contribution in [3.63, 3.8) is 0 Å². The maximum absolute atomic E-state index is 10.8. The fourth-order valence-electron chi connectivity index (χ4n) is 5.95. The van der Waals surface area contributed by atoms with Crippen LogP contribution < -0.4 is 0 Å². The lowest BCUT2D eigenvalue weighted by atomic mass is 9.80. The highest BCUT2D eigenvalue weighted by molar-refractivity contribution is 6.75. The van der Waals surface area contributed by atoms with Crippen LogP contribution in [0.15, 0.2) is 54.1 Å². The van der Waals surface area contributed by atoms with Crippen LogP contribution in [-0.2, 0) is 25.0 Å². The van der Waals surface area contributed by atoms with Crippen molar-refractivity contribution in [1.82, 2.24) is 0 Å². The number of benzene rings is 1. The van der Waals surface area contributed by atoms with E-state index in [9.17, 15) is 4.79 Å². The van der Waals surface area contributed by atoms with Gasteiger partial charge >= 0.3 is 0 Å². The van der Waals surface area contributed by atoms with Crippen LogP contribution >= 0.6 is 0 Å². The van der Waals surface area contributed by atoms with Gasteiger partial charge in [-0.3, -0.25) is 4.79 Å². The Kier molecular flexibility index (Phi) is 16.6. The van der Waals surface area contributed by atoms with Crippen molar-refractivity contribution in [1.29, 1.82) is 0 Å². The van der Waals surface area contributed by atoms with E-state index in [1.165, 1.54) is 11.1 Å². The summed E-state index contributed by atoms with van der Waals surface area (Å²) in [4.78, 5) is 10.8. The Bertz CT molecular complexity index is 1070. The van der Waals surface area contributed by atoms with E-state index in [-0.39, 0.29) is 21.9 Å². The molecule has 0 bridgehead atoms. The van der Waals surface area contributed by atoms with Gasteiger partial charge in [0.25, 0.3) is 0 Å². The minimum absolute atomic E-state index is 0.0451. The number of rotatable bonds is 19. The summed E-state index contributed by atoms with van der Waals surface area (Å²) in [5, 5.41) is 0.0902. The third kappa shape index (κ3) is 13.3. The minimum Gasteiger partial charge on any atom is -0.390 e. The van der Waals surface area contributed by atoms with E-state index in [0.29, 0.717) is 31.0 Å². The van der Waals surface area contributed by atoms with E-state index in [0.717, 1.165) is 25.5 Å². The number of allylic oxidation sites excluding steroid dienone is 4. The molecule has 0 heterocycles. The van der Waals surface area contributed by atoms with Crippen LogP contribution in [0, 0.1) is 29.6 Å². The summed E-state index contributed by atoms with van der Waals surface area (Å²) in [6.07, 6.45) is 9.81. The zero-order valence-electron chi connectivity index (χ0n) is 32.8. The highest BCUT2D eigenvalue weighted by Gasteiger charge is 2.55. The smallest absolute Gasteiger partial charge is 0.195 e. The fourth-order valence-corrected chi connectivity index (χ4v) is 9.13. The Hall–Kier alpha value is -1.32. The van der Waals surface area contributed by atoms with Crippen LogP contribution in [0.3, 0.4) is 0 Å². The molecule has 6 heteroatoms. The average molecular weight is 673 g/mol. The van der Waals surface area contributed by atoms with Gasteiger partial charge in [-0.2, -0.15) is 0 Å². The molecule has 5 atom stereocenters. The number of carbonyl (C=O) groups is 1. The summed E-state index contributed by atoms with van der Waals surface area (Å²) in [5.41, 5.74) is 2.58. The van der Waals surface area contributed by atoms with Gasteiger partial charge < -0.3 is 13.6 Å². The second-order valence-electron chi connectivity index (χ2n) is 17.5. The van der Waals surface area contributed by atoms with Crippen molar-refractivity contribution in [2.24, 2.45) is 29.6 Å². The lowest BCUT2D eigenvalue weighted by Gasteiger charge is -2.55. The Balaban J connectivity index is 3.53. The lowest BCUT2D eigenvalue weighted by Crippen LogP contribution is -2.62. The van der Waals surface area contributed by atoms with Crippen molar-refractivity contribution < 1.29 is 18.4 Å². The third-order valence-corrected chi connectivity index (χ3v) is 19.4. The van der Waals surface area contributed by atoms with E-state index in [4.69, 9.17) is 13.6 Å². The maximum Gasteiger partial charge on any atom is 0.195 e. The molecule has 0 fully saturated rings. The van der Waals surface area contributed by atoms with Crippen molar-refractivity contribution in [3.05, 3.63) is 59.7 Å². The van der Waals surface area contributed by atoms with Crippen LogP contribution in [0.25, 0.3) is 0 Å². The molecule has 0 amide bonds. The predicted molar refractivity (Wildman–Crippen MR) is 204 cm³/mol. The van der Waals surface area contributed by atoms with E-state index in [2.05, 4.69) is 140 Å². The van der Waals surface area contributed by atoms with Gasteiger partial charge in [0.1, 0.15) is 6.29 Å². The molecule has 0 N–H and O–H groups in total. The molecule has 5 unspecified atom stereocenters. The highest BCUT2D eigenvalue weighted by Crippen LogP contribution is 2.50. The largest absolute Gasteiger partial charge is 0.390 e. The van der Waals surface area contributed by atoms with Crippen molar-refractivity contribution in [3.8, 4) is 0 Å². The first-order valence-electron chi connectivity index (χ1n) is 17.8. The first kappa shape index (κ1) is 42.7. The van der Waals surface area contributed by atoms with Crippen LogP contribution in [-0.4, -0.2) is 35.3 Å². The second kappa shape index (κ2) is 17.9. The van der Waals surface area contributed by atoms with E-state index in [1.54, 1.807) is 6.08 Å². The Morgan fingerprint density at radius 2 is 1.30 bits per heavy atom. The van der Waals surface area contributed by atoms with Gasteiger partial charge in [0.2, 0.25) is 0 Å². The van der Waals surface area contributed by atoms with E-state index >= 15 is 0 Å². The molecule has 1 aromatic carbocycles. The summed E-state index contributed by atoms with van der Waals surface area (Å²) in [6, 6.07) is 10.4. The van der Waals surface area contributed by atoms with Crippen LogP contribution in [0.5, 0.6) is 0 Å². The Labute approximate surface area is 287 Å². The molecule has 0 aliphatic carbocycles. The number of hydrogen-bond donors (Lipinski definition) is 0. The second-order valence-corrected chi connectivity index (χ2v) is 27.0. The maximum atomic E-state index is 10.8. The Morgan fingerprint density at radius 1 is 0.783 bits per heavy atom. The van der Waals surface area contributed by atoms with Gasteiger partial charge in [-0.05, 0) is 91.8 Å². The third-order valence-electron chi connectivity index (χ3n) is 10.5. The van der Waals surface area contributed by atoms with Gasteiger partial charge in [0, 0.05) is 18.4 Å². The van der Waals surface area contributed by atoms with Crippen LogP contribution in [0.1, 0.15) is 108 Å². The topological polar surface area (TPSA) is 44.8 Å². The van der Waals surface area contributed by atoms with Crippen LogP contribution in [0.4, 0.5) is 0 Å². The molecule has 0 aromatic heterocycles. The SMILES string of the molecule is C/C(=C\C(C)CC(C)/C=C/C=O)CC(C)C(O[Si](C)(C)C(C)(C)C)(O[Si](C)(C)C(C)(C)C)C(C)CC(C)COCc1ccccc1. The summed E-state index contributed by atoms with van der Waals surface area (Å²) in [5.74, 6) is 0.718. The summed E-state index contributed by atoms with van der Waals surface area (Å²) < 4.78 is 21.6. The standard InChI is InChI=1S/C40H72O4Si2/c1-31(21-20-24-41)25-32(2)26-33(3)27-35(5)40(43-45(13,14)38(7,8)9,44-46(15,16)39(10,11)12)36(6)28-34(4)29-42-30-37-22-18-17-19-23-37/h17-24,26,31-32,34-36H,25,27-30H2,1-16H3/b21-20+,33-26+. The van der Waals surface area contributed by atoms with Crippen LogP contribution in [0.2, 0.25) is 36.3 Å². The molecule has 0 aliphatic heterocycles. The number of hydrogen-bond acceptors (Lipinski definition) is 4. The zero-order chi connectivity index (χ0) is 35.6. The molecule has 1 aromatic rings. The summed E-state index contributed by atoms with van der Waals surface area (Å²) in [7, 11) is -4.51. The van der Waals surface area contributed by atoms with E-state index < -0.39 is 22.4 Å². The molecule has 46 heavy (non-hydrogen) atoms. The van der Waals surface area contributed by atoms with Gasteiger partial charge in [-0.15, -0.1) is 0 Å². The number of ether oxygens (including phenoxy) is 1. The van der Waals surface area contributed by atoms with Gasteiger partial charge in [0.05, 0.1) is 6.61 Å². The molecular formula is C40H72O4Si2. The molecule has 264 valence electrons. The van der Waals surface area contributed by atoms with Gasteiger partial charge in [-0.25, -0.2) is 0 Å². The van der Waals surface area contributed by atoms with Gasteiger partial charge in [-0.1, -0.05) is 124 Å². The zero-order valence-corrected chi connectivity index (χ0v) is 34.8. The van der Waals surface area contributed by atoms with Crippen molar-refractivity contribution in [2.75, 3.05) is 6.61 Å². The average Bonchev–Trinajstić information content (AvgIpc) is 2.90.